The van der Waals surface area contributed by atoms with Crippen LogP contribution < -0.4 is 0 Å². The van der Waals surface area contributed by atoms with Crippen molar-refractivity contribution in [2.45, 2.75) is 25.7 Å². The van der Waals surface area contributed by atoms with E-state index >= 15 is 0 Å². The smallest absolute Gasteiger partial charge is 0.409 e. The molecule has 3 nitrogen and oxygen atoms in total. The average molecular weight is 251 g/mol. The highest BCUT2D eigenvalue weighted by molar-refractivity contribution is 7.10. The van der Waals surface area contributed by atoms with E-state index in [9.17, 15) is 4.79 Å². The van der Waals surface area contributed by atoms with Gasteiger partial charge in [0.25, 0.3) is 0 Å². The van der Waals surface area contributed by atoms with E-state index in [0.29, 0.717) is 12.5 Å². The molecule has 0 saturated carbocycles. The molecule has 1 saturated heterocycles. The van der Waals surface area contributed by atoms with E-state index < -0.39 is 0 Å². The van der Waals surface area contributed by atoms with Crippen molar-refractivity contribution in [1.82, 2.24) is 4.90 Å². The van der Waals surface area contributed by atoms with Crippen LogP contribution in [-0.4, -0.2) is 30.7 Å². The minimum Gasteiger partial charge on any atom is -0.450 e. The maximum atomic E-state index is 11.7. The first kappa shape index (κ1) is 11.1. The third kappa shape index (κ3) is 1.84. The SMILES string of the molecule is CCOC(=O)N1CCC2Cc3ccsc3C2C1. The Morgan fingerprint density at radius 3 is 3.35 bits per heavy atom. The summed E-state index contributed by atoms with van der Waals surface area (Å²) in [5, 5.41) is 2.17. The van der Waals surface area contributed by atoms with Crippen LogP contribution in [0.1, 0.15) is 29.7 Å². The van der Waals surface area contributed by atoms with Crippen molar-refractivity contribution >= 4 is 17.4 Å². The summed E-state index contributed by atoms with van der Waals surface area (Å²) in [6.45, 7) is 4.03. The highest BCUT2D eigenvalue weighted by atomic mass is 32.1. The molecular formula is C13H17NO2S. The fourth-order valence-electron chi connectivity index (χ4n) is 3.05. The van der Waals surface area contributed by atoms with Crippen molar-refractivity contribution in [2.75, 3.05) is 19.7 Å². The second-order valence-electron chi connectivity index (χ2n) is 4.81. The highest BCUT2D eigenvalue weighted by Crippen LogP contribution is 2.45. The van der Waals surface area contributed by atoms with Gasteiger partial charge in [-0.1, -0.05) is 0 Å². The third-order valence-corrected chi connectivity index (χ3v) is 4.97. The minimum atomic E-state index is -0.143. The van der Waals surface area contributed by atoms with Crippen molar-refractivity contribution in [3.05, 3.63) is 21.9 Å². The maximum Gasteiger partial charge on any atom is 0.409 e. The largest absolute Gasteiger partial charge is 0.450 e. The number of likely N-dealkylation sites (tertiary alicyclic amines) is 1. The Morgan fingerprint density at radius 1 is 1.65 bits per heavy atom. The number of hydrogen-bond donors (Lipinski definition) is 0. The van der Waals surface area contributed by atoms with E-state index in [1.165, 1.54) is 16.9 Å². The molecule has 17 heavy (non-hydrogen) atoms. The zero-order chi connectivity index (χ0) is 11.8. The Balaban J connectivity index is 1.74. The molecule has 1 fully saturated rings. The van der Waals surface area contributed by atoms with Crippen LogP contribution in [0.4, 0.5) is 4.79 Å². The zero-order valence-corrected chi connectivity index (χ0v) is 10.8. The molecule has 2 atom stereocenters. The predicted molar refractivity (Wildman–Crippen MR) is 67.5 cm³/mol. The molecule has 0 aromatic carbocycles. The zero-order valence-electron chi connectivity index (χ0n) is 10.0. The first-order valence-corrected chi connectivity index (χ1v) is 7.15. The Morgan fingerprint density at radius 2 is 2.53 bits per heavy atom. The van der Waals surface area contributed by atoms with Crippen LogP contribution in [-0.2, 0) is 11.2 Å². The molecule has 0 radical (unpaired) electrons. The Hall–Kier alpha value is -1.03. The van der Waals surface area contributed by atoms with Gasteiger partial charge in [-0.2, -0.15) is 0 Å². The molecule has 1 aromatic heterocycles. The van der Waals surface area contributed by atoms with Crippen molar-refractivity contribution in [3.63, 3.8) is 0 Å². The number of ether oxygens (including phenoxy) is 1. The number of amides is 1. The Bertz CT molecular complexity index is 429. The number of carbonyl (C=O) groups is 1. The highest BCUT2D eigenvalue weighted by Gasteiger charge is 2.39. The summed E-state index contributed by atoms with van der Waals surface area (Å²) in [7, 11) is 0. The number of piperidine rings is 1. The molecule has 1 aliphatic carbocycles. The number of rotatable bonds is 1. The minimum absolute atomic E-state index is 0.143. The fourth-order valence-corrected chi connectivity index (χ4v) is 4.17. The van der Waals surface area contributed by atoms with Gasteiger partial charge in [-0.3, -0.25) is 0 Å². The molecule has 0 bridgehead atoms. The molecular weight excluding hydrogens is 234 g/mol. The maximum absolute atomic E-state index is 11.7. The van der Waals surface area contributed by atoms with Crippen molar-refractivity contribution in [2.24, 2.45) is 5.92 Å². The molecule has 1 aliphatic heterocycles. The van der Waals surface area contributed by atoms with E-state index in [4.69, 9.17) is 4.74 Å². The van der Waals surface area contributed by atoms with E-state index in [2.05, 4.69) is 11.4 Å². The molecule has 0 N–H and O–H groups in total. The Labute approximate surface area is 105 Å². The van der Waals surface area contributed by atoms with Gasteiger partial charge >= 0.3 is 6.09 Å². The summed E-state index contributed by atoms with van der Waals surface area (Å²) in [5.74, 6) is 1.31. The lowest BCUT2D eigenvalue weighted by atomic mass is 9.88. The van der Waals surface area contributed by atoms with Crippen molar-refractivity contribution in [3.8, 4) is 0 Å². The van der Waals surface area contributed by atoms with E-state index in [1.54, 1.807) is 0 Å². The van der Waals surface area contributed by atoms with Crippen molar-refractivity contribution in [1.29, 1.82) is 0 Å². The second-order valence-corrected chi connectivity index (χ2v) is 5.76. The summed E-state index contributed by atoms with van der Waals surface area (Å²) >= 11 is 1.85. The van der Waals surface area contributed by atoms with Gasteiger partial charge in [0.1, 0.15) is 0 Å². The van der Waals surface area contributed by atoms with Gasteiger partial charge in [0, 0.05) is 23.9 Å². The van der Waals surface area contributed by atoms with E-state index in [0.717, 1.165) is 25.4 Å². The van der Waals surface area contributed by atoms with E-state index in [1.807, 2.05) is 23.2 Å². The molecule has 92 valence electrons. The molecule has 0 spiro atoms. The summed E-state index contributed by atoms with van der Waals surface area (Å²) in [4.78, 5) is 15.1. The number of carbonyl (C=O) groups excluding carboxylic acids is 1. The van der Waals surface area contributed by atoms with Gasteiger partial charge in [0.2, 0.25) is 0 Å². The quantitative estimate of drug-likeness (QED) is 0.768. The molecule has 4 heteroatoms. The molecule has 1 amide bonds. The number of hydrogen-bond acceptors (Lipinski definition) is 3. The number of fused-ring (bicyclic) bond motifs is 3. The van der Waals surface area contributed by atoms with Crippen LogP contribution in [0.3, 0.4) is 0 Å². The van der Waals surface area contributed by atoms with Crippen LogP contribution >= 0.6 is 11.3 Å². The van der Waals surface area contributed by atoms with Gasteiger partial charge in [-0.15, -0.1) is 11.3 Å². The Kier molecular flexibility index (Phi) is 2.82. The van der Waals surface area contributed by atoms with Crippen molar-refractivity contribution < 1.29 is 9.53 Å². The molecule has 2 unspecified atom stereocenters. The first-order chi connectivity index (χ1) is 8.29. The van der Waals surface area contributed by atoms with Crippen LogP contribution in [0.15, 0.2) is 11.4 Å². The normalized spacial score (nSPS) is 26.5. The standard InChI is InChI=1S/C13H17NO2S/c1-2-16-13(15)14-5-3-9-7-10-4-6-17-12(10)11(9)8-14/h4,6,9,11H,2-3,5,7-8H2,1H3. The van der Waals surface area contributed by atoms with Crippen LogP contribution in [0.2, 0.25) is 0 Å². The summed E-state index contributed by atoms with van der Waals surface area (Å²) in [5.41, 5.74) is 1.51. The van der Waals surface area contributed by atoms with Gasteiger partial charge in [-0.25, -0.2) is 4.79 Å². The number of nitrogens with zero attached hydrogens (tertiary/aromatic N) is 1. The van der Waals surface area contributed by atoms with Gasteiger partial charge in [0.05, 0.1) is 6.61 Å². The average Bonchev–Trinajstić information content (AvgIpc) is 2.88. The monoisotopic (exact) mass is 251 g/mol. The topological polar surface area (TPSA) is 29.5 Å². The predicted octanol–water partition coefficient (Wildman–Crippen LogP) is 2.87. The first-order valence-electron chi connectivity index (χ1n) is 6.27. The summed E-state index contributed by atoms with van der Waals surface area (Å²) in [6, 6.07) is 2.24. The van der Waals surface area contributed by atoms with Gasteiger partial charge < -0.3 is 9.64 Å². The molecule has 2 aliphatic rings. The molecule has 1 aromatic rings. The van der Waals surface area contributed by atoms with Crippen LogP contribution in [0.25, 0.3) is 0 Å². The summed E-state index contributed by atoms with van der Waals surface area (Å²) < 4.78 is 5.09. The van der Waals surface area contributed by atoms with Crippen LogP contribution in [0.5, 0.6) is 0 Å². The van der Waals surface area contributed by atoms with E-state index in [-0.39, 0.29) is 6.09 Å². The summed E-state index contributed by atoms with van der Waals surface area (Å²) in [6.07, 6.45) is 2.18. The lowest BCUT2D eigenvalue weighted by Gasteiger charge is -2.34. The lowest BCUT2D eigenvalue weighted by Crippen LogP contribution is -2.41. The lowest BCUT2D eigenvalue weighted by molar-refractivity contribution is 0.0878. The fraction of sp³-hybridized carbons (Fsp3) is 0.615. The second kappa shape index (κ2) is 4.33. The molecule has 3 rings (SSSR count). The third-order valence-electron chi connectivity index (χ3n) is 3.88. The molecule has 2 heterocycles. The van der Waals surface area contributed by atoms with Gasteiger partial charge in [-0.05, 0) is 42.7 Å². The van der Waals surface area contributed by atoms with Gasteiger partial charge in [0.15, 0.2) is 0 Å². The van der Waals surface area contributed by atoms with Crippen LogP contribution in [0, 0.1) is 5.92 Å². The number of thiophene rings is 1.